The van der Waals surface area contributed by atoms with E-state index in [0.29, 0.717) is 29.0 Å². The number of hydrogen-bond donors (Lipinski definition) is 2. The first-order valence-electron chi connectivity index (χ1n) is 11.9. The number of carboxylic acids is 1. The molecule has 0 aliphatic rings. The number of thiazole rings is 1. The number of aromatic nitrogens is 1. The van der Waals surface area contributed by atoms with Gasteiger partial charge in [-0.05, 0) is 43.0 Å². The van der Waals surface area contributed by atoms with E-state index in [0.717, 1.165) is 17.8 Å². The maximum Gasteiger partial charge on any atom is 0.331 e. The fraction of sp³-hybridized carbons (Fsp3) is 0.321. The molecule has 0 radical (unpaired) electrons. The molecule has 0 aliphatic heterocycles. The van der Waals surface area contributed by atoms with Crippen molar-refractivity contribution in [3.8, 4) is 11.3 Å². The normalized spacial score (nSPS) is 12.9. The fourth-order valence-corrected chi connectivity index (χ4v) is 5.05. The Balaban J connectivity index is 1.86. The molecule has 0 spiro atoms. The molecule has 0 saturated heterocycles. The van der Waals surface area contributed by atoms with E-state index in [1.807, 2.05) is 27.7 Å². The lowest BCUT2D eigenvalue weighted by Gasteiger charge is -2.31. The van der Waals surface area contributed by atoms with Crippen LogP contribution in [0, 0.1) is 11.2 Å². The largest absolute Gasteiger partial charge is 0.478 e. The SMILES string of the molecule is CCCOC(c1cccc(-c2csc(NC(=O)c3cc(Cl)c(/C=C(\C)C(=O)O)c(Cl)c3)n2)c1F)C(C)(C)C. The molecule has 0 fully saturated rings. The molecule has 1 atom stereocenters. The van der Waals surface area contributed by atoms with Crippen molar-refractivity contribution in [2.45, 2.75) is 47.1 Å². The van der Waals surface area contributed by atoms with Crippen LogP contribution in [-0.4, -0.2) is 28.6 Å². The molecule has 3 aromatic rings. The van der Waals surface area contributed by atoms with Crippen LogP contribution < -0.4 is 5.32 Å². The molecule has 1 amide bonds. The number of rotatable bonds is 9. The van der Waals surface area contributed by atoms with Gasteiger partial charge in [0.2, 0.25) is 0 Å². The number of nitrogens with one attached hydrogen (secondary N) is 1. The molecule has 3 rings (SSSR count). The predicted octanol–water partition coefficient (Wildman–Crippen LogP) is 8.51. The van der Waals surface area contributed by atoms with Crippen molar-refractivity contribution >= 4 is 57.6 Å². The Morgan fingerprint density at radius 2 is 1.89 bits per heavy atom. The van der Waals surface area contributed by atoms with E-state index in [1.54, 1.807) is 23.6 Å². The Morgan fingerprint density at radius 1 is 1.24 bits per heavy atom. The van der Waals surface area contributed by atoms with E-state index in [9.17, 15) is 9.59 Å². The van der Waals surface area contributed by atoms with Crippen LogP contribution in [0.25, 0.3) is 17.3 Å². The molecular weight excluding hydrogens is 550 g/mol. The Bertz CT molecular complexity index is 1360. The topological polar surface area (TPSA) is 88.5 Å². The van der Waals surface area contributed by atoms with Gasteiger partial charge in [-0.1, -0.05) is 63.0 Å². The highest BCUT2D eigenvalue weighted by atomic mass is 35.5. The highest BCUT2D eigenvalue weighted by molar-refractivity contribution is 7.14. The van der Waals surface area contributed by atoms with Crippen LogP contribution in [0.3, 0.4) is 0 Å². The summed E-state index contributed by atoms with van der Waals surface area (Å²) in [6.07, 6.45) is 1.72. The highest BCUT2D eigenvalue weighted by Gasteiger charge is 2.30. The zero-order chi connectivity index (χ0) is 28.2. The molecule has 1 heterocycles. The average molecular weight is 580 g/mol. The number of nitrogens with zero attached hydrogens (tertiary/aromatic N) is 1. The lowest BCUT2D eigenvalue weighted by molar-refractivity contribution is -0.132. The molecule has 0 bridgehead atoms. The molecule has 0 aliphatic carbocycles. The minimum Gasteiger partial charge on any atom is -0.478 e. The molecule has 1 aromatic heterocycles. The van der Waals surface area contributed by atoms with E-state index in [2.05, 4.69) is 10.3 Å². The van der Waals surface area contributed by atoms with Gasteiger partial charge in [-0.3, -0.25) is 10.1 Å². The minimum absolute atomic E-state index is 0.0448. The Hall–Kier alpha value is -2.78. The zero-order valence-corrected chi connectivity index (χ0v) is 24.0. The molecule has 38 heavy (non-hydrogen) atoms. The first-order valence-corrected chi connectivity index (χ1v) is 13.5. The number of hydrogen-bond acceptors (Lipinski definition) is 5. The molecule has 1 unspecified atom stereocenters. The van der Waals surface area contributed by atoms with Crippen molar-refractivity contribution in [2.75, 3.05) is 11.9 Å². The Morgan fingerprint density at radius 3 is 2.47 bits per heavy atom. The zero-order valence-electron chi connectivity index (χ0n) is 21.7. The van der Waals surface area contributed by atoms with Gasteiger partial charge in [0.05, 0.1) is 21.8 Å². The lowest BCUT2D eigenvalue weighted by Crippen LogP contribution is -2.23. The van der Waals surface area contributed by atoms with E-state index >= 15 is 4.39 Å². The number of ether oxygens (including phenoxy) is 1. The standard InChI is InChI=1S/C28H29Cl2FN2O4S/c1-6-10-37-24(28(3,4)5)18-9-7-8-17(23(18)31)22-14-38-27(32-22)33-25(34)16-12-20(29)19(21(30)13-16)11-15(2)26(35)36/h7-9,11-14,24H,6,10H2,1-5H3,(H,35,36)(H,32,33,34)/b15-11+. The van der Waals surface area contributed by atoms with Crippen LogP contribution in [0.15, 0.2) is 41.3 Å². The summed E-state index contributed by atoms with van der Waals surface area (Å²) >= 11 is 13.7. The third kappa shape index (κ3) is 6.99. The van der Waals surface area contributed by atoms with Crippen molar-refractivity contribution < 1.29 is 23.8 Å². The summed E-state index contributed by atoms with van der Waals surface area (Å²) in [6, 6.07) is 7.92. The third-order valence-corrected chi connectivity index (χ3v) is 7.01. The van der Waals surface area contributed by atoms with Crippen molar-refractivity contribution in [3.05, 3.63) is 73.8 Å². The number of halogens is 3. The van der Waals surface area contributed by atoms with Gasteiger partial charge in [-0.15, -0.1) is 11.3 Å². The summed E-state index contributed by atoms with van der Waals surface area (Å²) in [5.41, 5.74) is 1.33. The maximum absolute atomic E-state index is 15.7. The average Bonchev–Trinajstić information content (AvgIpc) is 3.29. The van der Waals surface area contributed by atoms with Crippen LogP contribution in [0.5, 0.6) is 0 Å². The number of carboxylic acid groups (broad SMARTS) is 1. The summed E-state index contributed by atoms with van der Waals surface area (Å²) in [5, 5.41) is 14.0. The molecule has 202 valence electrons. The number of amides is 1. The van der Waals surface area contributed by atoms with Gasteiger partial charge in [0.15, 0.2) is 5.13 Å². The molecule has 2 aromatic carbocycles. The monoisotopic (exact) mass is 578 g/mol. The predicted molar refractivity (Wildman–Crippen MR) is 152 cm³/mol. The molecular formula is C28H29Cl2FN2O4S. The number of anilines is 1. The van der Waals surface area contributed by atoms with Crippen molar-refractivity contribution in [3.63, 3.8) is 0 Å². The molecule has 0 saturated carbocycles. The van der Waals surface area contributed by atoms with Gasteiger partial charge in [0.1, 0.15) is 5.82 Å². The summed E-state index contributed by atoms with van der Waals surface area (Å²) in [7, 11) is 0. The second kappa shape index (κ2) is 12.4. The number of aliphatic carboxylic acids is 1. The lowest BCUT2D eigenvalue weighted by atomic mass is 9.83. The van der Waals surface area contributed by atoms with Crippen LogP contribution in [0.4, 0.5) is 9.52 Å². The van der Waals surface area contributed by atoms with E-state index in [4.69, 9.17) is 33.0 Å². The van der Waals surface area contributed by atoms with Gasteiger partial charge in [0, 0.05) is 39.8 Å². The quantitative estimate of drug-likeness (QED) is 0.248. The van der Waals surface area contributed by atoms with Crippen molar-refractivity contribution in [1.82, 2.24) is 4.98 Å². The fourth-order valence-electron chi connectivity index (χ4n) is 3.75. The van der Waals surface area contributed by atoms with Crippen LogP contribution in [0.1, 0.15) is 68.6 Å². The van der Waals surface area contributed by atoms with E-state index in [1.165, 1.54) is 25.1 Å². The summed E-state index contributed by atoms with van der Waals surface area (Å²) in [4.78, 5) is 28.4. The van der Waals surface area contributed by atoms with E-state index < -0.39 is 23.8 Å². The first kappa shape index (κ1) is 29.8. The molecule has 2 N–H and O–H groups in total. The van der Waals surface area contributed by atoms with Crippen molar-refractivity contribution in [2.24, 2.45) is 5.41 Å². The second-order valence-electron chi connectivity index (χ2n) is 9.80. The Labute approximate surface area is 235 Å². The van der Waals surface area contributed by atoms with Crippen molar-refractivity contribution in [1.29, 1.82) is 0 Å². The van der Waals surface area contributed by atoms with Gasteiger partial charge in [-0.25, -0.2) is 14.2 Å². The highest BCUT2D eigenvalue weighted by Crippen LogP contribution is 2.40. The number of benzene rings is 2. The van der Waals surface area contributed by atoms with E-state index in [-0.39, 0.29) is 31.7 Å². The van der Waals surface area contributed by atoms with Gasteiger partial charge < -0.3 is 9.84 Å². The minimum atomic E-state index is -1.11. The van der Waals surface area contributed by atoms with Crippen LogP contribution >= 0.6 is 34.5 Å². The van der Waals surface area contributed by atoms with Crippen LogP contribution in [-0.2, 0) is 9.53 Å². The number of carbonyl (C=O) groups excluding carboxylic acids is 1. The second-order valence-corrected chi connectivity index (χ2v) is 11.5. The first-order chi connectivity index (χ1) is 17.8. The third-order valence-electron chi connectivity index (χ3n) is 5.63. The molecule has 10 heteroatoms. The molecule has 6 nitrogen and oxygen atoms in total. The van der Waals surface area contributed by atoms with Gasteiger partial charge >= 0.3 is 5.97 Å². The smallest absolute Gasteiger partial charge is 0.331 e. The van der Waals surface area contributed by atoms with Crippen LogP contribution in [0.2, 0.25) is 10.0 Å². The van der Waals surface area contributed by atoms with Gasteiger partial charge in [-0.2, -0.15) is 0 Å². The summed E-state index contributed by atoms with van der Waals surface area (Å²) < 4.78 is 21.7. The summed E-state index contributed by atoms with van der Waals surface area (Å²) in [5.74, 6) is -2.04. The van der Waals surface area contributed by atoms with Gasteiger partial charge in [0.25, 0.3) is 5.91 Å². The Kier molecular flexibility index (Phi) is 9.70. The number of carbonyl (C=O) groups is 2. The maximum atomic E-state index is 15.7. The summed E-state index contributed by atoms with van der Waals surface area (Å²) in [6.45, 7) is 9.95.